The molecule has 0 spiro atoms. The Kier molecular flexibility index (Phi) is 5.87. The number of carbonyl (C=O) groups is 2. The lowest BCUT2D eigenvalue weighted by molar-refractivity contribution is 0.0475. The lowest BCUT2D eigenvalue weighted by Crippen LogP contribution is -2.18. The molecule has 2 heterocycles. The average Bonchev–Trinajstić information content (AvgIpc) is 3.23. The van der Waals surface area contributed by atoms with Gasteiger partial charge in [0.15, 0.2) is 6.61 Å². The van der Waals surface area contributed by atoms with Crippen molar-refractivity contribution in [2.75, 3.05) is 18.9 Å². The summed E-state index contributed by atoms with van der Waals surface area (Å²) in [7, 11) is 0. The molecule has 1 aromatic carbocycles. The maximum Gasteiger partial charge on any atom is 0.340 e. The summed E-state index contributed by atoms with van der Waals surface area (Å²) in [5.41, 5.74) is 8.59. The molecular weight excluding hydrogens is 368 g/mol. The molecule has 1 fully saturated rings. The number of ether oxygens (including phenoxy) is 2. The molecule has 0 amide bonds. The maximum absolute atomic E-state index is 12.6. The number of nitrogen functional groups attached to an aromatic ring is 1. The largest absolute Gasteiger partial charge is 0.454 e. The van der Waals surface area contributed by atoms with E-state index in [0.717, 1.165) is 37.4 Å². The Bertz CT molecular complexity index is 869. The number of aryl methyl sites for hydroxylation is 1. The van der Waals surface area contributed by atoms with Crippen molar-refractivity contribution in [1.82, 2.24) is 4.57 Å². The van der Waals surface area contributed by atoms with Crippen LogP contribution in [0.3, 0.4) is 0 Å². The minimum absolute atomic E-state index is 0.184. The minimum Gasteiger partial charge on any atom is -0.454 e. The molecular formula is C20H23ClN2O4. The van der Waals surface area contributed by atoms with Gasteiger partial charge in [-0.2, -0.15) is 0 Å². The highest BCUT2D eigenvalue weighted by atomic mass is 35.5. The quantitative estimate of drug-likeness (QED) is 0.463. The van der Waals surface area contributed by atoms with Gasteiger partial charge in [-0.15, -0.1) is 0 Å². The third-order valence-electron chi connectivity index (χ3n) is 4.85. The predicted octanol–water partition coefficient (Wildman–Crippen LogP) is 3.56. The molecule has 0 radical (unpaired) electrons. The molecule has 1 aliphatic rings. The van der Waals surface area contributed by atoms with E-state index in [1.54, 1.807) is 6.07 Å². The van der Waals surface area contributed by atoms with Crippen LogP contribution in [0.15, 0.2) is 24.3 Å². The van der Waals surface area contributed by atoms with Crippen molar-refractivity contribution < 1.29 is 19.1 Å². The fourth-order valence-corrected chi connectivity index (χ4v) is 3.54. The van der Waals surface area contributed by atoms with E-state index in [2.05, 4.69) is 4.57 Å². The van der Waals surface area contributed by atoms with Gasteiger partial charge < -0.3 is 19.8 Å². The highest BCUT2D eigenvalue weighted by molar-refractivity contribution is 6.31. The van der Waals surface area contributed by atoms with E-state index in [-0.39, 0.29) is 29.7 Å². The van der Waals surface area contributed by atoms with Crippen LogP contribution in [0, 0.1) is 13.8 Å². The number of aromatic nitrogens is 1. The standard InChI is InChI=1S/C20H23ClN2O4/c1-12-8-17(13(2)23(12)10-15-4-3-7-26-15)19(24)11-27-20(25)16-6-5-14(21)9-18(16)22/h5-6,8-9,15H,3-4,7,10-11,22H2,1-2H3. The number of carbonyl (C=O) groups excluding carboxylic acids is 2. The van der Waals surface area contributed by atoms with Gasteiger partial charge in [0.1, 0.15) is 0 Å². The zero-order valence-electron chi connectivity index (χ0n) is 15.5. The Hall–Kier alpha value is -2.31. The van der Waals surface area contributed by atoms with E-state index in [0.29, 0.717) is 10.6 Å². The number of ketones is 1. The molecule has 1 atom stereocenters. The van der Waals surface area contributed by atoms with Crippen molar-refractivity contribution in [1.29, 1.82) is 0 Å². The van der Waals surface area contributed by atoms with Crippen molar-refractivity contribution in [2.24, 2.45) is 0 Å². The second-order valence-electron chi connectivity index (χ2n) is 6.76. The lowest BCUT2D eigenvalue weighted by Gasteiger charge is -2.14. The molecule has 2 N–H and O–H groups in total. The van der Waals surface area contributed by atoms with Crippen LogP contribution in [0.25, 0.3) is 0 Å². The molecule has 7 heteroatoms. The van der Waals surface area contributed by atoms with Gasteiger partial charge in [-0.3, -0.25) is 4.79 Å². The molecule has 1 unspecified atom stereocenters. The summed E-state index contributed by atoms with van der Waals surface area (Å²) in [5, 5.41) is 0.429. The van der Waals surface area contributed by atoms with Gasteiger partial charge in [-0.1, -0.05) is 11.6 Å². The Morgan fingerprint density at radius 3 is 2.74 bits per heavy atom. The summed E-state index contributed by atoms with van der Waals surface area (Å²) in [5.74, 6) is -0.895. The van der Waals surface area contributed by atoms with E-state index in [1.807, 2.05) is 19.9 Å². The van der Waals surface area contributed by atoms with Crippen LogP contribution in [0.2, 0.25) is 5.02 Å². The molecule has 6 nitrogen and oxygen atoms in total. The molecule has 1 saturated heterocycles. The molecule has 0 aliphatic carbocycles. The van der Waals surface area contributed by atoms with Crippen LogP contribution in [0.5, 0.6) is 0 Å². The summed E-state index contributed by atoms with van der Waals surface area (Å²) in [4.78, 5) is 24.7. The number of hydrogen-bond donors (Lipinski definition) is 1. The molecule has 1 aliphatic heterocycles. The lowest BCUT2D eigenvalue weighted by atomic mass is 10.1. The zero-order valence-corrected chi connectivity index (χ0v) is 16.2. The van der Waals surface area contributed by atoms with E-state index < -0.39 is 5.97 Å². The average molecular weight is 391 g/mol. The van der Waals surface area contributed by atoms with Crippen molar-refractivity contribution in [3.8, 4) is 0 Å². The highest BCUT2D eigenvalue weighted by Crippen LogP contribution is 2.22. The minimum atomic E-state index is -0.648. The molecule has 27 heavy (non-hydrogen) atoms. The maximum atomic E-state index is 12.6. The van der Waals surface area contributed by atoms with E-state index in [9.17, 15) is 9.59 Å². The summed E-state index contributed by atoms with van der Waals surface area (Å²) in [6, 6.07) is 6.34. The summed E-state index contributed by atoms with van der Waals surface area (Å²) >= 11 is 5.83. The van der Waals surface area contributed by atoms with Gasteiger partial charge in [0, 0.05) is 40.8 Å². The van der Waals surface area contributed by atoms with Crippen LogP contribution < -0.4 is 5.73 Å². The van der Waals surface area contributed by atoms with Crippen molar-refractivity contribution >= 4 is 29.0 Å². The third-order valence-corrected chi connectivity index (χ3v) is 5.09. The first-order valence-corrected chi connectivity index (χ1v) is 9.28. The van der Waals surface area contributed by atoms with Crippen LogP contribution in [-0.2, 0) is 16.0 Å². The molecule has 1 aromatic heterocycles. The fraction of sp³-hybridized carbons (Fsp3) is 0.400. The number of benzene rings is 1. The Morgan fingerprint density at radius 1 is 1.30 bits per heavy atom. The number of esters is 1. The Labute approximate surface area is 163 Å². The number of halogens is 1. The smallest absolute Gasteiger partial charge is 0.340 e. The first kappa shape index (κ1) is 19.5. The first-order chi connectivity index (χ1) is 12.9. The van der Waals surface area contributed by atoms with Crippen molar-refractivity contribution in [2.45, 2.75) is 39.3 Å². The van der Waals surface area contributed by atoms with Gasteiger partial charge in [0.2, 0.25) is 5.78 Å². The number of nitrogens with two attached hydrogens (primary N) is 1. The Morgan fingerprint density at radius 2 is 2.07 bits per heavy atom. The zero-order chi connectivity index (χ0) is 19.6. The van der Waals surface area contributed by atoms with E-state index in [4.69, 9.17) is 26.8 Å². The first-order valence-electron chi connectivity index (χ1n) is 8.90. The highest BCUT2D eigenvalue weighted by Gasteiger charge is 2.22. The summed E-state index contributed by atoms with van der Waals surface area (Å²) in [6.07, 6.45) is 2.28. The van der Waals surface area contributed by atoms with Gasteiger partial charge in [-0.05, 0) is 51.0 Å². The van der Waals surface area contributed by atoms with Crippen LogP contribution in [0.1, 0.15) is 44.9 Å². The number of rotatable bonds is 6. The molecule has 0 saturated carbocycles. The third kappa shape index (κ3) is 4.34. The number of anilines is 1. The van der Waals surface area contributed by atoms with Crippen LogP contribution in [-0.4, -0.2) is 35.6 Å². The normalized spacial score (nSPS) is 16.5. The van der Waals surface area contributed by atoms with E-state index in [1.165, 1.54) is 12.1 Å². The van der Waals surface area contributed by atoms with Crippen LogP contribution in [0.4, 0.5) is 5.69 Å². The second kappa shape index (κ2) is 8.15. The van der Waals surface area contributed by atoms with Crippen LogP contribution >= 0.6 is 11.6 Å². The molecule has 144 valence electrons. The monoisotopic (exact) mass is 390 g/mol. The topological polar surface area (TPSA) is 83.5 Å². The van der Waals surface area contributed by atoms with Crippen molar-refractivity contribution in [3.63, 3.8) is 0 Å². The fourth-order valence-electron chi connectivity index (χ4n) is 3.36. The molecule has 3 rings (SSSR count). The van der Waals surface area contributed by atoms with E-state index >= 15 is 0 Å². The van der Waals surface area contributed by atoms with Gasteiger partial charge in [-0.25, -0.2) is 4.79 Å². The number of hydrogen-bond acceptors (Lipinski definition) is 5. The van der Waals surface area contributed by atoms with Crippen molar-refractivity contribution in [3.05, 3.63) is 51.8 Å². The number of nitrogens with zero attached hydrogens (tertiary/aromatic N) is 1. The molecule has 0 bridgehead atoms. The van der Waals surface area contributed by atoms with Gasteiger partial charge in [0.05, 0.1) is 11.7 Å². The summed E-state index contributed by atoms with van der Waals surface area (Å²) in [6.45, 7) is 5.03. The Balaban J connectivity index is 1.66. The van der Waals surface area contributed by atoms with Gasteiger partial charge in [0.25, 0.3) is 0 Å². The number of Topliss-reactive ketones (excluding diaryl/α,β-unsaturated/α-hetero) is 1. The predicted molar refractivity (Wildman–Crippen MR) is 103 cm³/mol. The summed E-state index contributed by atoms with van der Waals surface area (Å²) < 4.78 is 12.9. The molecule has 2 aromatic rings. The van der Waals surface area contributed by atoms with Gasteiger partial charge >= 0.3 is 5.97 Å². The second-order valence-corrected chi connectivity index (χ2v) is 7.20. The SMILES string of the molecule is Cc1cc(C(=O)COC(=O)c2ccc(Cl)cc2N)c(C)n1CC1CCCO1.